The summed E-state index contributed by atoms with van der Waals surface area (Å²) in [6, 6.07) is 12.8. The average Bonchev–Trinajstić information content (AvgIpc) is 3.23. The maximum absolute atomic E-state index is 4.20. The van der Waals surface area contributed by atoms with Gasteiger partial charge in [0.2, 0.25) is 0 Å². The number of aromatic nitrogens is 1. The summed E-state index contributed by atoms with van der Waals surface area (Å²) < 4.78 is 0.864. The molecule has 3 heteroatoms. The molecule has 0 spiro atoms. The van der Waals surface area contributed by atoms with Gasteiger partial charge in [0.15, 0.2) is 0 Å². The van der Waals surface area contributed by atoms with Crippen molar-refractivity contribution in [2.45, 2.75) is 25.3 Å². The molecule has 0 aliphatic heterocycles. The molecule has 1 saturated carbocycles. The van der Waals surface area contributed by atoms with Crippen LogP contribution in [-0.4, -0.2) is 4.98 Å². The lowest BCUT2D eigenvalue weighted by Gasteiger charge is -2.09. The normalized spacial score (nSPS) is 14.5. The topological polar surface area (TPSA) is 24.9 Å². The first kappa shape index (κ1) is 11.7. The van der Waals surface area contributed by atoms with Crippen LogP contribution in [0, 0.1) is 0 Å². The Hall–Kier alpha value is -1.35. The van der Waals surface area contributed by atoms with Crippen LogP contribution in [0.25, 0.3) is 0 Å². The Balaban J connectivity index is 1.69. The van der Waals surface area contributed by atoms with E-state index in [1.54, 1.807) is 6.20 Å². The van der Waals surface area contributed by atoms with E-state index in [1.165, 1.54) is 24.0 Å². The first-order valence-corrected chi connectivity index (χ1v) is 7.05. The number of halogens is 1. The minimum Gasteiger partial charge on any atom is -0.379 e. The van der Waals surface area contributed by atoms with Gasteiger partial charge in [0.05, 0.1) is 5.69 Å². The number of pyridine rings is 1. The highest BCUT2D eigenvalue weighted by atomic mass is 79.9. The number of hydrogen-bond donors (Lipinski definition) is 1. The summed E-state index contributed by atoms with van der Waals surface area (Å²) in [7, 11) is 0. The first-order valence-electron chi connectivity index (χ1n) is 6.26. The minimum atomic E-state index is 0.815. The molecule has 18 heavy (non-hydrogen) atoms. The van der Waals surface area contributed by atoms with Crippen molar-refractivity contribution >= 4 is 21.6 Å². The van der Waals surface area contributed by atoms with E-state index in [0.717, 1.165) is 22.8 Å². The van der Waals surface area contributed by atoms with Gasteiger partial charge in [0, 0.05) is 12.7 Å². The molecule has 1 aliphatic rings. The highest BCUT2D eigenvalue weighted by Crippen LogP contribution is 2.40. The second kappa shape index (κ2) is 5.11. The summed E-state index contributed by atoms with van der Waals surface area (Å²) in [6.07, 6.45) is 4.49. The van der Waals surface area contributed by atoms with Gasteiger partial charge in [-0.3, -0.25) is 0 Å². The lowest BCUT2D eigenvalue weighted by molar-refractivity contribution is 1.08. The van der Waals surface area contributed by atoms with Crippen molar-refractivity contribution in [1.82, 2.24) is 4.98 Å². The number of nitrogens with zero attached hydrogens (tertiary/aromatic N) is 1. The molecule has 3 rings (SSSR count). The van der Waals surface area contributed by atoms with E-state index in [-0.39, 0.29) is 0 Å². The van der Waals surface area contributed by atoms with E-state index in [2.05, 4.69) is 50.5 Å². The molecule has 2 aromatic rings. The highest BCUT2D eigenvalue weighted by Gasteiger charge is 2.23. The summed E-state index contributed by atoms with van der Waals surface area (Å²) in [5.41, 5.74) is 3.85. The number of nitrogens with one attached hydrogen (secondary N) is 1. The minimum absolute atomic E-state index is 0.815. The molecular weight excluding hydrogens is 288 g/mol. The standard InChI is InChI=1S/C15H15BrN2/c16-15-14(5-2-8-17-15)18-10-11-3-1-4-13(9-11)12-6-7-12/h1-5,8-9,12,18H,6-7,10H2. The number of benzene rings is 1. The third kappa shape index (κ3) is 2.72. The fraction of sp³-hybridized carbons (Fsp3) is 0.267. The average molecular weight is 303 g/mol. The quantitative estimate of drug-likeness (QED) is 0.850. The molecule has 1 fully saturated rings. The van der Waals surface area contributed by atoms with E-state index < -0.39 is 0 Å². The van der Waals surface area contributed by atoms with Crippen LogP contribution in [0.15, 0.2) is 47.2 Å². The van der Waals surface area contributed by atoms with E-state index in [0.29, 0.717) is 0 Å². The molecule has 0 amide bonds. The van der Waals surface area contributed by atoms with Gasteiger partial charge in [-0.1, -0.05) is 24.3 Å². The van der Waals surface area contributed by atoms with Crippen molar-refractivity contribution in [2.24, 2.45) is 0 Å². The fourth-order valence-corrected chi connectivity index (χ4v) is 2.48. The fourth-order valence-electron chi connectivity index (χ4n) is 2.09. The smallest absolute Gasteiger partial charge is 0.129 e. The van der Waals surface area contributed by atoms with Crippen LogP contribution in [0.5, 0.6) is 0 Å². The predicted octanol–water partition coefficient (Wildman–Crippen LogP) is 4.33. The molecule has 2 nitrogen and oxygen atoms in total. The Morgan fingerprint density at radius 2 is 2.11 bits per heavy atom. The molecule has 0 unspecified atom stereocenters. The Labute approximate surface area is 116 Å². The monoisotopic (exact) mass is 302 g/mol. The molecule has 1 aromatic carbocycles. The third-order valence-corrected chi connectivity index (χ3v) is 3.87. The molecule has 0 saturated heterocycles. The number of hydrogen-bond acceptors (Lipinski definition) is 2. The Morgan fingerprint density at radius 1 is 1.22 bits per heavy atom. The molecule has 1 heterocycles. The van der Waals surface area contributed by atoms with E-state index >= 15 is 0 Å². The van der Waals surface area contributed by atoms with Gasteiger partial charge in [0.25, 0.3) is 0 Å². The molecule has 1 aromatic heterocycles. The Kier molecular flexibility index (Phi) is 3.33. The summed E-state index contributed by atoms with van der Waals surface area (Å²) in [4.78, 5) is 4.20. The maximum Gasteiger partial charge on any atom is 0.129 e. The third-order valence-electron chi connectivity index (χ3n) is 3.24. The van der Waals surface area contributed by atoms with Gasteiger partial charge in [-0.05, 0) is 57.9 Å². The van der Waals surface area contributed by atoms with E-state index in [4.69, 9.17) is 0 Å². The van der Waals surface area contributed by atoms with Crippen LogP contribution >= 0.6 is 15.9 Å². The van der Waals surface area contributed by atoms with Gasteiger partial charge in [0.1, 0.15) is 4.60 Å². The van der Waals surface area contributed by atoms with Gasteiger partial charge >= 0.3 is 0 Å². The summed E-state index contributed by atoms with van der Waals surface area (Å²) in [5.74, 6) is 0.815. The zero-order chi connectivity index (χ0) is 12.4. The van der Waals surface area contributed by atoms with Crippen LogP contribution in [-0.2, 0) is 6.54 Å². The van der Waals surface area contributed by atoms with Crippen molar-refractivity contribution in [3.8, 4) is 0 Å². The summed E-state index contributed by atoms with van der Waals surface area (Å²) in [6.45, 7) is 0.838. The Bertz CT molecular complexity index is 550. The van der Waals surface area contributed by atoms with Gasteiger partial charge < -0.3 is 5.32 Å². The van der Waals surface area contributed by atoms with Crippen molar-refractivity contribution in [3.05, 3.63) is 58.3 Å². The molecular formula is C15H15BrN2. The lowest BCUT2D eigenvalue weighted by atomic mass is 10.1. The number of anilines is 1. The number of rotatable bonds is 4. The van der Waals surface area contributed by atoms with Crippen LogP contribution in [0.1, 0.15) is 29.9 Å². The molecule has 1 aliphatic carbocycles. The highest BCUT2D eigenvalue weighted by molar-refractivity contribution is 9.10. The van der Waals surface area contributed by atoms with Crippen molar-refractivity contribution in [1.29, 1.82) is 0 Å². The van der Waals surface area contributed by atoms with Crippen molar-refractivity contribution in [3.63, 3.8) is 0 Å². The van der Waals surface area contributed by atoms with Crippen LogP contribution in [0.4, 0.5) is 5.69 Å². The van der Waals surface area contributed by atoms with Crippen molar-refractivity contribution in [2.75, 3.05) is 5.32 Å². The molecule has 1 N–H and O–H groups in total. The maximum atomic E-state index is 4.20. The van der Waals surface area contributed by atoms with Gasteiger partial charge in [-0.15, -0.1) is 0 Å². The molecule has 0 radical (unpaired) electrons. The summed E-state index contributed by atoms with van der Waals surface area (Å²) >= 11 is 3.44. The molecule has 0 bridgehead atoms. The summed E-state index contributed by atoms with van der Waals surface area (Å²) in [5, 5.41) is 3.41. The second-order valence-electron chi connectivity index (χ2n) is 4.71. The van der Waals surface area contributed by atoms with Crippen molar-refractivity contribution < 1.29 is 0 Å². The van der Waals surface area contributed by atoms with E-state index in [9.17, 15) is 0 Å². The predicted molar refractivity (Wildman–Crippen MR) is 77.7 cm³/mol. The zero-order valence-corrected chi connectivity index (χ0v) is 11.7. The van der Waals surface area contributed by atoms with Crippen LogP contribution < -0.4 is 5.32 Å². The zero-order valence-electron chi connectivity index (χ0n) is 10.1. The SMILES string of the molecule is Brc1ncccc1NCc1cccc(C2CC2)c1. The largest absolute Gasteiger partial charge is 0.379 e. The molecule has 92 valence electrons. The second-order valence-corrected chi connectivity index (χ2v) is 5.47. The Morgan fingerprint density at radius 3 is 2.89 bits per heavy atom. The first-order chi connectivity index (χ1) is 8.83. The van der Waals surface area contributed by atoms with Crippen LogP contribution in [0.3, 0.4) is 0 Å². The van der Waals surface area contributed by atoms with Gasteiger partial charge in [-0.2, -0.15) is 0 Å². The van der Waals surface area contributed by atoms with Gasteiger partial charge in [-0.25, -0.2) is 4.98 Å². The van der Waals surface area contributed by atoms with E-state index in [1.807, 2.05) is 12.1 Å². The molecule has 0 atom stereocenters. The lowest BCUT2D eigenvalue weighted by Crippen LogP contribution is -2.01. The van der Waals surface area contributed by atoms with Crippen LogP contribution in [0.2, 0.25) is 0 Å².